The molecule has 0 saturated heterocycles. The highest BCUT2D eigenvalue weighted by atomic mass is 32.2. The van der Waals surface area contributed by atoms with Crippen LogP contribution in [0.1, 0.15) is 19.4 Å². The molecular weight excluding hydrogens is 284 g/mol. The van der Waals surface area contributed by atoms with E-state index in [1.165, 1.54) is 12.1 Å². The van der Waals surface area contributed by atoms with E-state index in [-0.39, 0.29) is 11.4 Å². The average molecular weight is 304 g/mol. The maximum absolute atomic E-state index is 12.0. The van der Waals surface area contributed by atoms with Gasteiger partial charge in [-0.05, 0) is 24.1 Å². The van der Waals surface area contributed by atoms with Crippen LogP contribution in [-0.4, -0.2) is 30.7 Å². The molecular formula is C12H20N2O3S2. The summed E-state index contributed by atoms with van der Waals surface area (Å²) in [4.78, 5) is 0.143. The molecule has 0 aliphatic rings. The third-order valence-corrected chi connectivity index (χ3v) is 5.51. The Morgan fingerprint density at radius 1 is 1.32 bits per heavy atom. The molecule has 0 fully saturated rings. The van der Waals surface area contributed by atoms with E-state index in [9.17, 15) is 12.6 Å². The first kappa shape index (κ1) is 16.1. The van der Waals surface area contributed by atoms with Crippen molar-refractivity contribution in [3.05, 3.63) is 23.8 Å². The molecule has 1 aromatic carbocycles. The summed E-state index contributed by atoms with van der Waals surface area (Å²) >= 11 is 0. The minimum Gasteiger partial charge on any atom is -0.398 e. The Kier molecular flexibility index (Phi) is 5.96. The van der Waals surface area contributed by atoms with Gasteiger partial charge in [-0.2, -0.15) is 0 Å². The summed E-state index contributed by atoms with van der Waals surface area (Å²) in [7, 11) is -4.56. The van der Waals surface area contributed by atoms with Crippen molar-refractivity contribution >= 4 is 26.5 Å². The summed E-state index contributed by atoms with van der Waals surface area (Å²) < 4.78 is 37.6. The Balaban J connectivity index is 2.77. The predicted octanol–water partition coefficient (Wildman–Crippen LogP) is 0.878. The number of hydrogen-bond donors (Lipinski definition) is 2. The van der Waals surface area contributed by atoms with Gasteiger partial charge in [-0.3, -0.25) is 4.21 Å². The Labute approximate surface area is 117 Å². The summed E-state index contributed by atoms with van der Waals surface area (Å²) in [5, 5.41) is 0. The molecule has 0 aliphatic carbocycles. The van der Waals surface area contributed by atoms with Crippen LogP contribution in [0.25, 0.3) is 0 Å². The van der Waals surface area contributed by atoms with Crippen molar-refractivity contribution in [2.75, 3.05) is 23.8 Å². The third-order valence-electron chi connectivity index (χ3n) is 2.75. The first-order valence-electron chi connectivity index (χ1n) is 6.13. The number of rotatable bonds is 7. The Hall–Kier alpha value is -0.920. The Morgan fingerprint density at radius 3 is 2.53 bits per heavy atom. The molecule has 0 spiro atoms. The molecule has 5 nitrogen and oxygen atoms in total. The second-order valence-corrected chi connectivity index (χ2v) is 7.68. The molecule has 108 valence electrons. The number of anilines is 1. The van der Waals surface area contributed by atoms with Crippen LogP contribution in [0.4, 0.5) is 5.69 Å². The van der Waals surface area contributed by atoms with E-state index < -0.39 is 20.8 Å². The maximum atomic E-state index is 12.0. The number of nitrogens with two attached hydrogens (primary N) is 1. The fourth-order valence-electron chi connectivity index (χ4n) is 1.58. The second-order valence-electron chi connectivity index (χ2n) is 4.04. The Bertz CT molecular complexity index is 556. The summed E-state index contributed by atoms with van der Waals surface area (Å²) in [5.74, 6) is 0.845. The minimum atomic E-state index is -3.58. The highest BCUT2D eigenvalue weighted by molar-refractivity contribution is 7.89. The van der Waals surface area contributed by atoms with E-state index in [0.29, 0.717) is 17.2 Å². The monoisotopic (exact) mass is 304 g/mol. The molecule has 1 rings (SSSR count). The van der Waals surface area contributed by atoms with Crippen LogP contribution in [0.3, 0.4) is 0 Å². The molecule has 0 heterocycles. The summed E-state index contributed by atoms with van der Waals surface area (Å²) in [5.41, 5.74) is 7.18. The van der Waals surface area contributed by atoms with Gasteiger partial charge in [0.1, 0.15) is 0 Å². The van der Waals surface area contributed by atoms with Crippen molar-refractivity contribution in [3.8, 4) is 0 Å². The highest BCUT2D eigenvalue weighted by Crippen LogP contribution is 2.18. The molecule has 1 aromatic rings. The van der Waals surface area contributed by atoms with Crippen LogP contribution < -0.4 is 10.5 Å². The van der Waals surface area contributed by atoms with Gasteiger partial charge in [0.05, 0.1) is 4.90 Å². The van der Waals surface area contributed by atoms with Crippen molar-refractivity contribution in [1.29, 1.82) is 0 Å². The number of sulfonamides is 1. The van der Waals surface area contributed by atoms with Crippen molar-refractivity contribution < 1.29 is 12.6 Å². The Morgan fingerprint density at radius 2 is 2.00 bits per heavy atom. The van der Waals surface area contributed by atoms with Crippen LogP contribution in [0, 0.1) is 0 Å². The number of aryl methyl sites for hydroxylation is 1. The quantitative estimate of drug-likeness (QED) is 0.732. The van der Waals surface area contributed by atoms with Gasteiger partial charge in [0.2, 0.25) is 10.0 Å². The largest absolute Gasteiger partial charge is 0.398 e. The lowest BCUT2D eigenvalue weighted by Gasteiger charge is -2.09. The van der Waals surface area contributed by atoms with Gasteiger partial charge >= 0.3 is 0 Å². The molecule has 0 amide bonds. The molecule has 3 N–H and O–H groups in total. The van der Waals surface area contributed by atoms with Gasteiger partial charge in [-0.15, -0.1) is 0 Å². The van der Waals surface area contributed by atoms with Crippen LogP contribution in [0.15, 0.2) is 23.1 Å². The van der Waals surface area contributed by atoms with Crippen LogP contribution in [0.5, 0.6) is 0 Å². The van der Waals surface area contributed by atoms with E-state index >= 15 is 0 Å². The van der Waals surface area contributed by atoms with E-state index in [4.69, 9.17) is 5.73 Å². The normalized spacial score (nSPS) is 13.4. The van der Waals surface area contributed by atoms with Gasteiger partial charge in [-0.25, -0.2) is 13.1 Å². The van der Waals surface area contributed by atoms with E-state index in [1.807, 2.05) is 6.92 Å². The van der Waals surface area contributed by atoms with Crippen LogP contribution in [0.2, 0.25) is 0 Å². The first-order chi connectivity index (χ1) is 8.90. The van der Waals surface area contributed by atoms with Crippen molar-refractivity contribution in [2.24, 2.45) is 0 Å². The van der Waals surface area contributed by atoms with Gasteiger partial charge < -0.3 is 5.73 Å². The van der Waals surface area contributed by atoms with Crippen molar-refractivity contribution in [3.63, 3.8) is 0 Å². The summed E-state index contributed by atoms with van der Waals surface area (Å²) in [6.07, 6.45) is 0.759. The smallest absolute Gasteiger partial charge is 0.240 e. The molecule has 1 unspecified atom stereocenters. The summed E-state index contributed by atoms with van der Waals surface area (Å²) in [6, 6.07) is 4.71. The lowest BCUT2D eigenvalue weighted by atomic mass is 10.1. The molecule has 0 aliphatic heterocycles. The highest BCUT2D eigenvalue weighted by Gasteiger charge is 2.14. The zero-order valence-corrected chi connectivity index (χ0v) is 12.8. The van der Waals surface area contributed by atoms with Crippen LogP contribution >= 0.6 is 0 Å². The third kappa shape index (κ3) is 4.59. The van der Waals surface area contributed by atoms with Crippen molar-refractivity contribution in [1.82, 2.24) is 4.72 Å². The topological polar surface area (TPSA) is 89.3 Å². The molecule has 0 aromatic heterocycles. The number of benzene rings is 1. The number of hydrogen-bond acceptors (Lipinski definition) is 4. The van der Waals surface area contributed by atoms with E-state index in [0.717, 1.165) is 12.0 Å². The van der Waals surface area contributed by atoms with Gasteiger partial charge in [0.15, 0.2) is 0 Å². The lowest BCUT2D eigenvalue weighted by Crippen LogP contribution is -2.28. The van der Waals surface area contributed by atoms with Crippen molar-refractivity contribution in [2.45, 2.75) is 25.2 Å². The van der Waals surface area contributed by atoms with Gasteiger partial charge in [0.25, 0.3) is 0 Å². The van der Waals surface area contributed by atoms with Crippen LogP contribution in [-0.2, 0) is 27.2 Å². The molecule has 1 atom stereocenters. The molecule has 0 saturated carbocycles. The zero-order chi connectivity index (χ0) is 14.5. The molecule has 0 radical (unpaired) electrons. The standard InChI is InChI=1S/C12H20N2O3S2/c1-3-10-5-6-11(9-12(10)13)19(16,17)14-7-8-18(15)4-2/h5-6,9,14H,3-4,7-8,13H2,1-2H3. The fraction of sp³-hybridized carbons (Fsp3) is 0.500. The predicted molar refractivity (Wildman–Crippen MR) is 79.0 cm³/mol. The summed E-state index contributed by atoms with van der Waals surface area (Å²) in [6.45, 7) is 3.92. The fourth-order valence-corrected chi connectivity index (χ4v) is 3.39. The average Bonchev–Trinajstić information content (AvgIpc) is 2.38. The number of nitrogens with one attached hydrogen (secondary N) is 1. The first-order valence-corrected chi connectivity index (χ1v) is 9.10. The minimum absolute atomic E-state index is 0.143. The maximum Gasteiger partial charge on any atom is 0.240 e. The SMILES string of the molecule is CCc1ccc(S(=O)(=O)NCCS(=O)CC)cc1N. The lowest BCUT2D eigenvalue weighted by molar-refractivity contribution is 0.584. The second kappa shape index (κ2) is 7.02. The van der Waals surface area contributed by atoms with Gasteiger partial charge in [-0.1, -0.05) is 19.9 Å². The molecule has 7 heteroatoms. The zero-order valence-electron chi connectivity index (χ0n) is 11.2. The number of nitrogen functional groups attached to an aromatic ring is 1. The molecule has 19 heavy (non-hydrogen) atoms. The van der Waals surface area contributed by atoms with Gasteiger partial charge in [0, 0.05) is 34.5 Å². The van der Waals surface area contributed by atoms with E-state index in [1.54, 1.807) is 13.0 Å². The molecule has 0 bridgehead atoms. The van der Waals surface area contributed by atoms with E-state index in [2.05, 4.69) is 4.72 Å².